The molecule has 2 N–H and O–H groups in total. The number of hydrogen-bond acceptors (Lipinski definition) is 9. The fourth-order valence-corrected chi connectivity index (χ4v) is 8.51. The van der Waals surface area contributed by atoms with Crippen molar-refractivity contribution in [2.24, 2.45) is 23.7 Å². The van der Waals surface area contributed by atoms with Crippen molar-refractivity contribution >= 4 is 11.9 Å². The molecule has 278 valence electrons. The van der Waals surface area contributed by atoms with Gasteiger partial charge < -0.3 is 33.9 Å². The number of fused-ring (bicyclic) bond motifs is 2. The maximum Gasteiger partial charge on any atom is 0.338 e. The smallest absolute Gasteiger partial charge is 0.338 e. The van der Waals surface area contributed by atoms with Crippen molar-refractivity contribution < 1.29 is 47.9 Å². The number of carbonyl (C=O) groups is 2. The molecule has 3 fully saturated rings. The van der Waals surface area contributed by atoms with Crippen LogP contribution in [0.15, 0.2) is 71.4 Å². The van der Waals surface area contributed by atoms with Gasteiger partial charge in [0.1, 0.15) is 41.8 Å². The summed E-state index contributed by atoms with van der Waals surface area (Å²) in [7, 11) is 0. The Kier molecular flexibility index (Phi) is 11.1. The van der Waals surface area contributed by atoms with E-state index in [2.05, 4.69) is 20.8 Å². The molecule has 1 aromatic rings. The molecule has 9 nitrogen and oxygen atoms in total. The summed E-state index contributed by atoms with van der Waals surface area (Å²) < 4.78 is 45.7. The summed E-state index contributed by atoms with van der Waals surface area (Å²) in [6, 6.07) is 5.24. The van der Waals surface area contributed by atoms with Crippen molar-refractivity contribution in [1.82, 2.24) is 0 Å². The second-order valence-electron chi connectivity index (χ2n) is 15.5. The molecule has 0 saturated carbocycles. The summed E-state index contributed by atoms with van der Waals surface area (Å²) in [5.74, 6) is -3.35. The molecule has 1 aliphatic carbocycles. The van der Waals surface area contributed by atoms with Crippen LogP contribution in [0.25, 0.3) is 0 Å². The first-order valence-corrected chi connectivity index (χ1v) is 18.5. The molecule has 4 heterocycles. The molecule has 12 atom stereocenters. The maximum atomic E-state index is 14.2. The number of ether oxygens (including phenoxy) is 5. The third kappa shape index (κ3) is 7.53. The van der Waals surface area contributed by atoms with Gasteiger partial charge in [0.2, 0.25) is 0 Å². The maximum absolute atomic E-state index is 14.2. The van der Waals surface area contributed by atoms with Gasteiger partial charge in [-0.3, -0.25) is 4.79 Å². The lowest BCUT2D eigenvalue weighted by molar-refractivity contribution is -0.340. The fraction of sp³-hybridized carbons (Fsp3) is 0.610. The second kappa shape index (κ2) is 15.1. The van der Waals surface area contributed by atoms with Gasteiger partial charge in [0, 0.05) is 25.2 Å². The number of aliphatic hydroxyl groups is 2. The molecule has 4 aliphatic heterocycles. The van der Waals surface area contributed by atoms with Gasteiger partial charge in [-0.1, -0.05) is 64.5 Å². The topological polar surface area (TPSA) is 121 Å². The monoisotopic (exact) mass is 708 g/mol. The number of esters is 2. The van der Waals surface area contributed by atoms with Gasteiger partial charge in [-0.05, 0) is 79.5 Å². The van der Waals surface area contributed by atoms with Gasteiger partial charge in [-0.2, -0.15) is 0 Å². The second-order valence-corrected chi connectivity index (χ2v) is 15.5. The van der Waals surface area contributed by atoms with Gasteiger partial charge in [0.15, 0.2) is 5.79 Å². The van der Waals surface area contributed by atoms with E-state index in [-0.39, 0.29) is 30.3 Å². The Morgan fingerprint density at radius 1 is 1.12 bits per heavy atom. The molecule has 2 unspecified atom stereocenters. The highest BCUT2D eigenvalue weighted by atomic mass is 19.1. The molecule has 2 bridgehead atoms. The minimum Gasteiger partial charge on any atom is -0.462 e. The molecular formula is C41H53FO9. The van der Waals surface area contributed by atoms with E-state index in [1.807, 2.05) is 26.0 Å². The van der Waals surface area contributed by atoms with Crippen LogP contribution < -0.4 is 0 Å². The molecular weight excluding hydrogens is 655 g/mol. The highest BCUT2D eigenvalue weighted by Gasteiger charge is 2.60. The zero-order valence-corrected chi connectivity index (χ0v) is 30.5. The number of benzene rings is 1. The van der Waals surface area contributed by atoms with E-state index in [1.54, 1.807) is 25.2 Å². The van der Waals surface area contributed by atoms with Crippen molar-refractivity contribution in [3.63, 3.8) is 0 Å². The summed E-state index contributed by atoms with van der Waals surface area (Å²) in [4.78, 5) is 27.5. The van der Waals surface area contributed by atoms with Gasteiger partial charge in [0.25, 0.3) is 0 Å². The lowest BCUT2D eigenvalue weighted by Crippen LogP contribution is -2.58. The van der Waals surface area contributed by atoms with Crippen molar-refractivity contribution in [3.8, 4) is 0 Å². The van der Waals surface area contributed by atoms with E-state index in [4.69, 9.17) is 23.7 Å². The first-order valence-electron chi connectivity index (χ1n) is 18.5. The van der Waals surface area contributed by atoms with E-state index in [0.717, 1.165) is 18.4 Å². The molecule has 0 radical (unpaired) electrons. The predicted molar refractivity (Wildman–Crippen MR) is 188 cm³/mol. The molecule has 0 amide bonds. The number of hydrogen-bond donors (Lipinski definition) is 2. The Morgan fingerprint density at radius 3 is 2.59 bits per heavy atom. The number of rotatable bonds is 4. The Labute approximate surface area is 300 Å². The molecule has 10 heteroatoms. The highest BCUT2D eigenvalue weighted by Crippen LogP contribution is 2.48. The fourth-order valence-electron chi connectivity index (χ4n) is 8.51. The highest BCUT2D eigenvalue weighted by molar-refractivity contribution is 5.89. The van der Waals surface area contributed by atoms with E-state index in [1.165, 1.54) is 24.3 Å². The first-order chi connectivity index (χ1) is 24.2. The third-order valence-corrected chi connectivity index (χ3v) is 11.8. The quantitative estimate of drug-likeness (QED) is 0.266. The van der Waals surface area contributed by atoms with Crippen LogP contribution in [0.4, 0.5) is 4.39 Å². The Bertz CT molecular complexity index is 1580. The van der Waals surface area contributed by atoms with Gasteiger partial charge >= 0.3 is 11.9 Å². The van der Waals surface area contributed by atoms with Crippen molar-refractivity contribution in [2.75, 3.05) is 6.61 Å². The normalized spacial score (nSPS) is 41.9. The standard InChI is InChI=1S/C41H53FO9/c1-7-23(2)36-26(5)17-18-40(51-36)21-32-20-31(50-40)16-11-25(4)35(49-38(44)28-12-14-30(42)15-13-28)24(3)9-8-10-29-22-47-37-34(43)27(6)19-33(39(45)48-32)41(29,37)46/h8-15,19,23-24,26,31-37,43,46H,7,16-18,20-22H2,1-6H3/b9-8+,25-11+,29-10+/t23?,24-,26-,31+,32-,33-,34+,35-,36+,37+,40?,41+/m0/s1. The Hall–Kier alpha value is -3.15. The number of halogens is 1. The Morgan fingerprint density at radius 2 is 1.86 bits per heavy atom. The van der Waals surface area contributed by atoms with E-state index < -0.39 is 59.5 Å². The minimum absolute atomic E-state index is 0.00917. The van der Waals surface area contributed by atoms with Gasteiger partial charge in [-0.15, -0.1) is 0 Å². The zero-order chi connectivity index (χ0) is 36.7. The summed E-state index contributed by atoms with van der Waals surface area (Å²) in [6.07, 6.45) is 8.83. The summed E-state index contributed by atoms with van der Waals surface area (Å²) in [6.45, 7) is 12.1. The molecule has 3 saturated heterocycles. The summed E-state index contributed by atoms with van der Waals surface area (Å²) >= 11 is 0. The summed E-state index contributed by atoms with van der Waals surface area (Å²) in [5.41, 5.74) is 0.153. The minimum atomic E-state index is -1.84. The predicted octanol–water partition coefficient (Wildman–Crippen LogP) is 6.54. The number of allylic oxidation sites excluding steroid dienone is 2. The Balaban J connectivity index is 1.39. The lowest BCUT2D eigenvalue weighted by Gasteiger charge is -2.51. The zero-order valence-electron chi connectivity index (χ0n) is 30.5. The van der Waals surface area contributed by atoms with E-state index in [0.29, 0.717) is 48.7 Å². The lowest BCUT2D eigenvalue weighted by atomic mass is 9.71. The molecule has 6 rings (SSSR count). The van der Waals surface area contributed by atoms with Gasteiger partial charge in [0.05, 0.1) is 24.4 Å². The van der Waals surface area contributed by atoms with E-state index in [9.17, 15) is 24.2 Å². The largest absolute Gasteiger partial charge is 0.462 e. The van der Waals surface area contributed by atoms with Crippen LogP contribution in [-0.2, 0) is 28.5 Å². The molecule has 1 aromatic carbocycles. The van der Waals surface area contributed by atoms with Crippen LogP contribution in [0, 0.1) is 29.5 Å². The SMILES string of the molecule is CCC(C)[C@H]1OC2(CC[C@@H]1C)C[C@@H]1C[C@@H](C/C=C(\C)[C@@H](OC(=O)c3ccc(F)cc3)[C@@H](C)/C=C/C=C3\CO[C@@H]4[C@H](O)C(C)=C[C@@H](C(=O)O1)[C@]34O)O2. The average Bonchev–Trinajstić information content (AvgIpc) is 3.44. The van der Waals surface area contributed by atoms with Crippen molar-refractivity contribution in [1.29, 1.82) is 0 Å². The van der Waals surface area contributed by atoms with Crippen LogP contribution >= 0.6 is 0 Å². The van der Waals surface area contributed by atoms with Crippen LogP contribution in [-0.4, -0.2) is 76.8 Å². The third-order valence-electron chi connectivity index (χ3n) is 11.8. The summed E-state index contributed by atoms with van der Waals surface area (Å²) in [5, 5.41) is 23.4. The molecule has 1 spiro atoms. The van der Waals surface area contributed by atoms with Gasteiger partial charge in [-0.25, -0.2) is 9.18 Å². The molecule has 0 aromatic heterocycles. The average molecular weight is 709 g/mol. The van der Waals surface area contributed by atoms with Crippen LogP contribution in [0.5, 0.6) is 0 Å². The van der Waals surface area contributed by atoms with Crippen LogP contribution in [0.2, 0.25) is 0 Å². The first kappa shape index (κ1) is 37.6. The molecule has 51 heavy (non-hydrogen) atoms. The molecule has 5 aliphatic rings. The van der Waals surface area contributed by atoms with Crippen LogP contribution in [0.1, 0.15) is 90.4 Å². The van der Waals surface area contributed by atoms with E-state index >= 15 is 0 Å². The van der Waals surface area contributed by atoms with Crippen LogP contribution in [0.3, 0.4) is 0 Å². The van der Waals surface area contributed by atoms with Crippen molar-refractivity contribution in [3.05, 3.63) is 82.7 Å². The van der Waals surface area contributed by atoms with Crippen molar-refractivity contribution in [2.45, 2.75) is 128 Å². The number of aliphatic hydroxyl groups excluding tert-OH is 1. The number of carbonyl (C=O) groups excluding carboxylic acids is 2.